The first-order chi connectivity index (χ1) is 12.9. The standard InChI is InChI=1S/C21H15N5/c1-2-5-16(6-3-1)20-14-24-21-23-13-18(26(21)25-20)12-15-8-9-19-17(11-15)7-4-10-22-19/h1-11,13-14H,12H2. The number of hydrogen-bond donors (Lipinski definition) is 0. The maximum absolute atomic E-state index is 4.74. The SMILES string of the molecule is c1ccc(-c2cnc3ncc(Cc4ccc5ncccc5c4)n3n2)cc1. The van der Waals surface area contributed by atoms with E-state index in [4.69, 9.17) is 5.10 Å². The molecule has 3 aromatic heterocycles. The van der Waals surface area contributed by atoms with E-state index < -0.39 is 0 Å². The van der Waals surface area contributed by atoms with Crippen LogP contribution in [0.3, 0.4) is 0 Å². The summed E-state index contributed by atoms with van der Waals surface area (Å²) < 4.78 is 1.83. The zero-order chi connectivity index (χ0) is 17.3. The molecule has 5 aromatic rings. The van der Waals surface area contributed by atoms with Crippen molar-refractivity contribution in [2.45, 2.75) is 6.42 Å². The highest BCUT2D eigenvalue weighted by Crippen LogP contribution is 2.19. The highest BCUT2D eigenvalue weighted by atomic mass is 15.3. The smallest absolute Gasteiger partial charge is 0.250 e. The molecule has 5 nitrogen and oxygen atoms in total. The molecule has 3 heterocycles. The minimum atomic E-state index is 0.613. The predicted octanol–water partition coefficient (Wildman–Crippen LogP) is 3.93. The Morgan fingerprint density at radius 2 is 1.69 bits per heavy atom. The van der Waals surface area contributed by atoms with Gasteiger partial charge in [0.2, 0.25) is 0 Å². The second-order valence-corrected chi connectivity index (χ2v) is 6.18. The van der Waals surface area contributed by atoms with Gasteiger partial charge in [-0.25, -0.2) is 14.5 Å². The molecule has 5 heteroatoms. The van der Waals surface area contributed by atoms with E-state index in [-0.39, 0.29) is 0 Å². The van der Waals surface area contributed by atoms with Gasteiger partial charge >= 0.3 is 0 Å². The number of fused-ring (bicyclic) bond motifs is 2. The van der Waals surface area contributed by atoms with Gasteiger partial charge in [-0.1, -0.05) is 42.5 Å². The van der Waals surface area contributed by atoms with Crippen LogP contribution in [0.2, 0.25) is 0 Å². The molecule has 0 saturated heterocycles. The number of imidazole rings is 1. The van der Waals surface area contributed by atoms with Crippen LogP contribution in [0.1, 0.15) is 11.3 Å². The Bertz CT molecular complexity index is 1210. The lowest BCUT2D eigenvalue weighted by atomic mass is 10.1. The number of nitrogens with zero attached hydrogens (tertiary/aromatic N) is 5. The molecule has 0 fully saturated rings. The van der Waals surface area contributed by atoms with Gasteiger partial charge < -0.3 is 0 Å². The van der Waals surface area contributed by atoms with E-state index in [1.54, 1.807) is 6.20 Å². The molecule has 5 rings (SSSR count). The molecule has 0 amide bonds. The molecule has 0 saturated carbocycles. The molecule has 0 spiro atoms. The van der Waals surface area contributed by atoms with Crippen molar-refractivity contribution in [3.63, 3.8) is 0 Å². The molecule has 0 aliphatic carbocycles. The molecule has 0 bridgehead atoms. The van der Waals surface area contributed by atoms with Gasteiger partial charge in [0.25, 0.3) is 5.78 Å². The Morgan fingerprint density at radius 3 is 2.62 bits per heavy atom. The van der Waals surface area contributed by atoms with Gasteiger partial charge in [0.1, 0.15) is 5.69 Å². The van der Waals surface area contributed by atoms with Gasteiger partial charge in [-0.3, -0.25) is 4.98 Å². The summed E-state index contributed by atoms with van der Waals surface area (Å²) in [5.74, 6) is 0.613. The number of rotatable bonds is 3. The molecule has 26 heavy (non-hydrogen) atoms. The average molecular weight is 337 g/mol. The molecule has 124 valence electrons. The van der Waals surface area contributed by atoms with Crippen LogP contribution < -0.4 is 0 Å². The Hall–Kier alpha value is -3.60. The third-order valence-corrected chi connectivity index (χ3v) is 4.42. The van der Waals surface area contributed by atoms with E-state index in [9.17, 15) is 0 Å². The van der Waals surface area contributed by atoms with Crippen molar-refractivity contribution in [3.05, 3.63) is 90.5 Å². The number of aromatic nitrogens is 5. The minimum Gasteiger partial charge on any atom is -0.256 e. The molecule has 2 aromatic carbocycles. The van der Waals surface area contributed by atoms with Gasteiger partial charge in [-0.05, 0) is 23.8 Å². The van der Waals surface area contributed by atoms with Gasteiger partial charge in [0, 0.05) is 23.6 Å². The summed E-state index contributed by atoms with van der Waals surface area (Å²) in [7, 11) is 0. The fraction of sp³-hybridized carbons (Fsp3) is 0.0476. The van der Waals surface area contributed by atoms with Crippen molar-refractivity contribution in [2.75, 3.05) is 0 Å². The maximum Gasteiger partial charge on any atom is 0.250 e. The molecule has 0 N–H and O–H groups in total. The number of pyridine rings is 1. The van der Waals surface area contributed by atoms with Crippen LogP contribution in [0.4, 0.5) is 0 Å². The van der Waals surface area contributed by atoms with Crippen molar-refractivity contribution >= 4 is 16.7 Å². The zero-order valence-corrected chi connectivity index (χ0v) is 13.9. The summed E-state index contributed by atoms with van der Waals surface area (Å²) in [6.07, 6.45) is 6.16. The minimum absolute atomic E-state index is 0.613. The lowest BCUT2D eigenvalue weighted by Crippen LogP contribution is -2.02. The maximum atomic E-state index is 4.74. The highest BCUT2D eigenvalue weighted by Gasteiger charge is 2.09. The lowest BCUT2D eigenvalue weighted by Gasteiger charge is -2.05. The quantitative estimate of drug-likeness (QED) is 0.500. The van der Waals surface area contributed by atoms with E-state index in [2.05, 4.69) is 39.2 Å². The van der Waals surface area contributed by atoms with Crippen molar-refractivity contribution in [2.24, 2.45) is 0 Å². The van der Waals surface area contributed by atoms with Crippen LogP contribution in [0, 0.1) is 0 Å². The normalized spacial score (nSPS) is 11.2. The van der Waals surface area contributed by atoms with Crippen molar-refractivity contribution in [1.82, 2.24) is 24.6 Å². The van der Waals surface area contributed by atoms with Crippen molar-refractivity contribution in [1.29, 1.82) is 0 Å². The molecular formula is C21H15N5. The molecular weight excluding hydrogens is 322 g/mol. The summed E-state index contributed by atoms with van der Waals surface area (Å²) in [6, 6.07) is 20.4. The number of benzene rings is 2. The van der Waals surface area contributed by atoms with Gasteiger partial charge in [0.15, 0.2) is 0 Å². The van der Waals surface area contributed by atoms with Crippen LogP contribution in [-0.2, 0) is 6.42 Å². The monoisotopic (exact) mass is 337 g/mol. The summed E-state index contributed by atoms with van der Waals surface area (Å²) in [4.78, 5) is 13.2. The summed E-state index contributed by atoms with van der Waals surface area (Å²) >= 11 is 0. The van der Waals surface area contributed by atoms with Gasteiger partial charge in [-0.15, -0.1) is 0 Å². The van der Waals surface area contributed by atoms with Crippen molar-refractivity contribution in [3.8, 4) is 11.3 Å². The molecule has 0 aliphatic rings. The van der Waals surface area contributed by atoms with E-state index >= 15 is 0 Å². The fourth-order valence-electron chi connectivity index (χ4n) is 3.13. The Balaban J connectivity index is 1.55. The van der Waals surface area contributed by atoms with E-state index in [0.717, 1.165) is 34.3 Å². The van der Waals surface area contributed by atoms with Crippen LogP contribution in [0.25, 0.3) is 27.9 Å². The topological polar surface area (TPSA) is 56.0 Å². The lowest BCUT2D eigenvalue weighted by molar-refractivity contribution is 0.854. The van der Waals surface area contributed by atoms with E-state index in [1.165, 1.54) is 5.56 Å². The second kappa shape index (κ2) is 6.04. The van der Waals surface area contributed by atoms with E-state index in [1.807, 2.05) is 53.3 Å². The predicted molar refractivity (Wildman–Crippen MR) is 101 cm³/mol. The second-order valence-electron chi connectivity index (χ2n) is 6.18. The Morgan fingerprint density at radius 1 is 0.808 bits per heavy atom. The fourth-order valence-corrected chi connectivity index (χ4v) is 3.13. The Kier molecular flexibility index (Phi) is 3.42. The molecule has 0 aliphatic heterocycles. The third-order valence-electron chi connectivity index (χ3n) is 4.42. The zero-order valence-electron chi connectivity index (χ0n) is 13.9. The Labute approximate surface area is 150 Å². The molecule has 0 radical (unpaired) electrons. The third kappa shape index (κ3) is 2.59. The number of hydrogen-bond acceptors (Lipinski definition) is 4. The highest BCUT2D eigenvalue weighted by molar-refractivity contribution is 5.79. The average Bonchev–Trinajstić information content (AvgIpc) is 3.10. The van der Waals surface area contributed by atoms with Gasteiger partial charge in [0.05, 0.1) is 23.6 Å². The molecule has 0 atom stereocenters. The van der Waals surface area contributed by atoms with Crippen LogP contribution >= 0.6 is 0 Å². The first-order valence-corrected chi connectivity index (χ1v) is 8.45. The summed E-state index contributed by atoms with van der Waals surface area (Å²) in [6.45, 7) is 0. The van der Waals surface area contributed by atoms with Crippen LogP contribution in [-0.4, -0.2) is 24.6 Å². The van der Waals surface area contributed by atoms with Crippen molar-refractivity contribution < 1.29 is 0 Å². The first-order valence-electron chi connectivity index (χ1n) is 8.45. The van der Waals surface area contributed by atoms with Crippen LogP contribution in [0.5, 0.6) is 0 Å². The summed E-state index contributed by atoms with van der Waals surface area (Å²) in [5.41, 5.74) is 5.08. The first kappa shape index (κ1) is 14.7. The molecule has 0 unspecified atom stereocenters. The summed E-state index contributed by atoms with van der Waals surface area (Å²) in [5, 5.41) is 5.88. The largest absolute Gasteiger partial charge is 0.256 e. The van der Waals surface area contributed by atoms with Crippen LogP contribution in [0.15, 0.2) is 79.3 Å². The van der Waals surface area contributed by atoms with E-state index in [0.29, 0.717) is 5.78 Å². The van der Waals surface area contributed by atoms with Gasteiger partial charge in [-0.2, -0.15) is 5.10 Å².